The Morgan fingerprint density at radius 2 is 2.00 bits per heavy atom. The van der Waals surface area contributed by atoms with Crippen LogP contribution in [-0.2, 0) is 20.6 Å². The molecule has 0 saturated heterocycles. The van der Waals surface area contributed by atoms with E-state index in [0.29, 0.717) is 5.76 Å². The van der Waals surface area contributed by atoms with Crippen molar-refractivity contribution < 1.29 is 8.94 Å². The van der Waals surface area contributed by atoms with Crippen molar-refractivity contribution >= 4 is 22.8 Å². The molecule has 4 heterocycles. The van der Waals surface area contributed by atoms with Gasteiger partial charge in [-0.15, -0.1) is 0 Å². The van der Waals surface area contributed by atoms with Gasteiger partial charge >= 0.3 is 5.69 Å². The predicted molar refractivity (Wildman–Crippen MR) is 86.3 cm³/mol. The minimum atomic E-state index is -0.511. The molecule has 4 aromatic rings. The zero-order valence-electron chi connectivity index (χ0n) is 13.1. The molecule has 4 aromatic heterocycles. The second-order valence-electron chi connectivity index (χ2n) is 5.33. The van der Waals surface area contributed by atoms with Gasteiger partial charge in [0.1, 0.15) is 6.54 Å². The Labute approximate surface area is 143 Å². The Balaban J connectivity index is 1.84. The maximum Gasteiger partial charge on any atom is 0.332 e. The number of rotatable bonds is 3. The highest BCUT2D eigenvalue weighted by molar-refractivity contribution is 6.29. The van der Waals surface area contributed by atoms with Crippen LogP contribution in [0.2, 0.25) is 5.28 Å². The van der Waals surface area contributed by atoms with Crippen molar-refractivity contribution in [3.63, 3.8) is 0 Å². The number of aromatic nitrogens is 6. The first-order valence-electron chi connectivity index (χ1n) is 7.15. The van der Waals surface area contributed by atoms with Crippen molar-refractivity contribution in [3.05, 3.63) is 50.4 Å². The van der Waals surface area contributed by atoms with Gasteiger partial charge in [-0.05, 0) is 23.7 Å². The first-order valence-corrected chi connectivity index (χ1v) is 7.53. The molecule has 0 aliphatic carbocycles. The summed E-state index contributed by atoms with van der Waals surface area (Å²) in [5.74, 6) is 0.944. The summed E-state index contributed by atoms with van der Waals surface area (Å²) >= 11 is 6.15. The molecule has 0 fully saturated rings. The van der Waals surface area contributed by atoms with Crippen molar-refractivity contribution in [1.82, 2.24) is 28.8 Å². The predicted octanol–water partition coefficient (Wildman–Crippen LogP) is 0.778. The third-order valence-corrected chi connectivity index (χ3v) is 4.09. The Morgan fingerprint density at radius 3 is 2.72 bits per heavy atom. The van der Waals surface area contributed by atoms with Crippen LogP contribution in [0.1, 0.15) is 5.89 Å². The van der Waals surface area contributed by atoms with Crippen LogP contribution < -0.4 is 11.2 Å². The Bertz CT molecular complexity index is 1200. The molecule has 0 saturated carbocycles. The maximum atomic E-state index is 12.5. The second kappa shape index (κ2) is 5.45. The molecule has 128 valence electrons. The zero-order valence-corrected chi connectivity index (χ0v) is 13.9. The van der Waals surface area contributed by atoms with Crippen LogP contribution in [-0.4, -0.2) is 28.8 Å². The number of nitrogens with zero attached hydrogens (tertiary/aromatic N) is 6. The highest BCUT2D eigenvalue weighted by atomic mass is 35.5. The van der Waals surface area contributed by atoms with E-state index in [4.69, 9.17) is 20.5 Å². The van der Waals surface area contributed by atoms with Crippen LogP contribution in [0, 0.1) is 0 Å². The SMILES string of the molecule is Cn1c(=O)c2c(nc(Cl)n2Cc2nc(-c3ccco3)no2)n(C)c1=O. The molecule has 0 atom stereocenters. The van der Waals surface area contributed by atoms with Gasteiger partial charge in [-0.25, -0.2) is 4.79 Å². The van der Waals surface area contributed by atoms with Crippen molar-refractivity contribution in [2.24, 2.45) is 14.1 Å². The van der Waals surface area contributed by atoms with Gasteiger partial charge < -0.3 is 8.94 Å². The standard InChI is InChI=1S/C14H11ClN6O4/c1-19-11-9(12(22)20(2)14(19)23)21(13(15)17-11)6-8-16-10(18-25-8)7-4-3-5-24-7/h3-5H,6H2,1-2H3. The van der Waals surface area contributed by atoms with E-state index in [1.165, 1.54) is 29.5 Å². The van der Waals surface area contributed by atoms with Crippen LogP contribution in [0.5, 0.6) is 0 Å². The van der Waals surface area contributed by atoms with Crippen molar-refractivity contribution in [2.45, 2.75) is 6.54 Å². The first kappa shape index (κ1) is 15.4. The smallest absolute Gasteiger partial charge is 0.332 e. The first-order chi connectivity index (χ1) is 12.0. The molecular weight excluding hydrogens is 352 g/mol. The van der Waals surface area contributed by atoms with Crippen molar-refractivity contribution in [3.8, 4) is 11.6 Å². The van der Waals surface area contributed by atoms with E-state index in [0.717, 1.165) is 4.57 Å². The molecule has 0 aliphatic heterocycles. The molecule has 0 aliphatic rings. The molecule has 0 radical (unpaired) electrons. The molecule has 0 bridgehead atoms. The molecule has 10 nitrogen and oxygen atoms in total. The van der Waals surface area contributed by atoms with Gasteiger partial charge in [-0.3, -0.25) is 18.5 Å². The van der Waals surface area contributed by atoms with Crippen LogP contribution in [0.3, 0.4) is 0 Å². The number of imidazole rings is 1. The number of hydrogen-bond donors (Lipinski definition) is 0. The van der Waals surface area contributed by atoms with Gasteiger partial charge in [0.25, 0.3) is 5.56 Å². The largest absolute Gasteiger partial charge is 0.461 e. The number of fused-ring (bicyclic) bond motifs is 1. The molecule has 0 amide bonds. The number of hydrogen-bond acceptors (Lipinski definition) is 7. The summed E-state index contributed by atoms with van der Waals surface area (Å²) in [6, 6.07) is 3.40. The summed E-state index contributed by atoms with van der Waals surface area (Å²) in [5.41, 5.74) is -0.642. The highest BCUT2D eigenvalue weighted by Crippen LogP contribution is 2.19. The van der Waals surface area contributed by atoms with Crippen molar-refractivity contribution in [2.75, 3.05) is 0 Å². The topological polar surface area (TPSA) is 114 Å². The molecule has 11 heteroatoms. The molecular formula is C14H11ClN6O4. The van der Waals surface area contributed by atoms with E-state index in [-0.39, 0.29) is 34.7 Å². The summed E-state index contributed by atoms with van der Waals surface area (Å²) < 4.78 is 14.0. The molecule has 25 heavy (non-hydrogen) atoms. The number of furan rings is 1. The fraction of sp³-hybridized carbons (Fsp3) is 0.214. The average molecular weight is 363 g/mol. The fourth-order valence-electron chi connectivity index (χ4n) is 2.52. The van der Waals surface area contributed by atoms with E-state index < -0.39 is 11.2 Å². The summed E-state index contributed by atoms with van der Waals surface area (Å²) in [4.78, 5) is 32.8. The number of aryl methyl sites for hydroxylation is 1. The summed E-state index contributed by atoms with van der Waals surface area (Å²) in [6.45, 7) is 0.0243. The quantitative estimate of drug-likeness (QED) is 0.494. The lowest BCUT2D eigenvalue weighted by atomic mass is 10.4. The van der Waals surface area contributed by atoms with Crippen LogP contribution in [0.4, 0.5) is 0 Å². The third-order valence-electron chi connectivity index (χ3n) is 3.80. The number of halogens is 1. The normalized spacial score (nSPS) is 11.5. The van der Waals surface area contributed by atoms with E-state index in [1.54, 1.807) is 12.1 Å². The van der Waals surface area contributed by atoms with Crippen LogP contribution >= 0.6 is 11.6 Å². The van der Waals surface area contributed by atoms with Gasteiger partial charge in [0.05, 0.1) is 6.26 Å². The van der Waals surface area contributed by atoms with E-state index >= 15 is 0 Å². The van der Waals surface area contributed by atoms with E-state index in [2.05, 4.69) is 15.1 Å². The lowest BCUT2D eigenvalue weighted by molar-refractivity contribution is 0.371. The third kappa shape index (κ3) is 2.30. The van der Waals surface area contributed by atoms with E-state index in [1.807, 2.05) is 0 Å². The highest BCUT2D eigenvalue weighted by Gasteiger charge is 2.20. The fourth-order valence-corrected chi connectivity index (χ4v) is 2.75. The summed E-state index contributed by atoms with van der Waals surface area (Å²) in [7, 11) is 2.90. The van der Waals surface area contributed by atoms with Crippen LogP contribution in [0.25, 0.3) is 22.7 Å². The molecule has 0 spiro atoms. The van der Waals surface area contributed by atoms with Gasteiger partial charge in [0.15, 0.2) is 16.9 Å². The maximum absolute atomic E-state index is 12.5. The Morgan fingerprint density at radius 1 is 1.20 bits per heavy atom. The van der Waals surface area contributed by atoms with Gasteiger partial charge in [0.2, 0.25) is 17.0 Å². The molecule has 0 aromatic carbocycles. The molecule has 4 rings (SSSR count). The molecule has 0 unspecified atom stereocenters. The van der Waals surface area contributed by atoms with Crippen LogP contribution in [0.15, 0.2) is 36.9 Å². The average Bonchev–Trinajstić information content (AvgIpc) is 3.32. The molecule has 0 N–H and O–H groups in total. The van der Waals surface area contributed by atoms with Gasteiger partial charge in [-0.2, -0.15) is 9.97 Å². The Kier molecular flexibility index (Phi) is 3.35. The minimum absolute atomic E-state index is 0.0243. The summed E-state index contributed by atoms with van der Waals surface area (Å²) in [5, 5.41) is 3.86. The zero-order chi connectivity index (χ0) is 17.7. The van der Waals surface area contributed by atoms with Gasteiger partial charge in [0, 0.05) is 14.1 Å². The lowest BCUT2D eigenvalue weighted by Crippen LogP contribution is -2.37. The van der Waals surface area contributed by atoms with Crippen molar-refractivity contribution in [1.29, 1.82) is 0 Å². The lowest BCUT2D eigenvalue weighted by Gasteiger charge is -2.05. The minimum Gasteiger partial charge on any atom is -0.461 e. The Hall–Kier alpha value is -3.14. The summed E-state index contributed by atoms with van der Waals surface area (Å²) in [6.07, 6.45) is 1.50. The second-order valence-corrected chi connectivity index (χ2v) is 5.67. The van der Waals surface area contributed by atoms with Gasteiger partial charge in [-0.1, -0.05) is 5.16 Å². The monoisotopic (exact) mass is 362 g/mol. The van der Waals surface area contributed by atoms with E-state index in [9.17, 15) is 9.59 Å².